The lowest BCUT2D eigenvalue weighted by Crippen LogP contribution is -1.85. The van der Waals surface area contributed by atoms with E-state index in [-0.39, 0.29) is 22.7 Å². The number of nitrogens with two attached hydrogens (primary N) is 1. The fourth-order valence-corrected chi connectivity index (χ4v) is 0.682. The van der Waals surface area contributed by atoms with Gasteiger partial charge in [-0.25, -0.2) is 0 Å². The summed E-state index contributed by atoms with van der Waals surface area (Å²) in [5.74, 6) is 0.192. The van der Waals surface area contributed by atoms with Crippen LogP contribution in [0.3, 0.4) is 0 Å². The van der Waals surface area contributed by atoms with Crippen LogP contribution in [-0.4, -0.2) is 5.11 Å². The molecular formula is C7H10BrNO. The Morgan fingerprint density at radius 1 is 1.40 bits per heavy atom. The summed E-state index contributed by atoms with van der Waals surface area (Å²) in [4.78, 5) is 0. The second-order valence-electron chi connectivity index (χ2n) is 2.01. The lowest BCUT2D eigenvalue weighted by Gasteiger charge is -1.99. The van der Waals surface area contributed by atoms with E-state index in [0.717, 1.165) is 5.56 Å². The molecule has 0 fully saturated rings. The van der Waals surface area contributed by atoms with Crippen LogP contribution in [0.1, 0.15) is 5.56 Å². The van der Waals surface area contributed by atoms with Crippen LogP contribution < -0.4 is 5.73 Å². The van der Waals surface area contributed by atoms with Crippen molar-refractivity contribution < 1.29 is 5.11 Å². The molecule has 0 atom stereocenters. The molecule has 1 aromatic carbocycles. The number of para-hydroxylation sites is 1. The van der Waals surface area contributed by atoms with Crippen LogP contribution in [0.5, 0.6) is 5.75 Å². The molecule has 10 heavy (non-hydrogen) atoms. The van der Waals surface area contributed by atoms with Crippen LogP contribution >= 0.6 is 17.0 Å². The van der Waals surface area contributed by atoms with E-state index in [1.807, 2.05) is 19.1 Å². The van der Waals surface area contributed by atoms with E-state index in [2.05, 4.69) is 0 Å². The Labute approximate surface area is 70.4 Å². The van der Waals surface area contributed by atoms with Crippen LogP contribution in [0.15, 0.2) is 18.2 Å². The largest absolute Gasteiger partial charge is 0.506 e. The molecule has 0 aromatic heterocycles. The number of phenols is 1. The second kappa shape index (κ2) is 3.46. The predicted molar refractivity (Wildman–Crippen MR) is 47.6 cm³/mol. The zero-order chi connectivity index (χ0) is 6.85. The summed E-state index contributed by atoms with van der Waals surface area (Å²) in [6, 6.07) is 5.29. The van der Waals surface area contributed by atoms with Crippen LogP contribution in [0.2, 0.25) is 0 Å². The molecule has 0 amide bonds. The summed E-state index contributed by atoms with van der Waals surface area (Å²) < 4.78 is 0. The van der Waals surface area contributed by atoms with E-state index in [9.17, 15) is 0 Å². The maximum Gasteiger partial charge on any atom is 0.141 e. The Morgan fingerprint density at radius 2 is 2.00 bits per heavy atom. The summed E-state index contributed by atoms with van der Waals surface area (Å²) in [6.07, 6.45) is 0. The molecule has 2 nitrogen and oxygen atoms in total. The first-order valence-corrected chi connectivity index (χ1v) is 2.76. The highest BCUT2D eigenvalue weighted by Crippen LogP contribution is 2.22. The van der Waals surface area contributed by atoms with Gasteiger partial charge in [-0.3, -0.25) is 0 Å². The molecule has 0 bridgehead atoms. The van der Waals surface area contributed by atoms with Gasteiger partial charge in [0.05, 0.1) is 5.69 Å². The normalized spacial score (nSPS) is 8.50. The van der Waals surface area contributed by atoms with E-state index < -0.39 is 0 Å². The Bertz CT molecular complexity index is 205. The minimum absolute atomic E-state index is 0. The van der Waals surface area contributed by atoms with Crippen LogP contribution in [0, 0.1) is 6.92 Å². The highest BCUT2D eigenvalue weighted by atomic mass is 79.9. The zero-order valence-corrected chi connectivity index (χ0v) is 7.38. The average Bonchev–Trinajstić information content (AvgIpc) is 1.83. The van der Waals surface area contributed by atoms with E-state index in [4.69, 9.17) is 10.8 Å². The Hall–Kier alpha value is -0.700. The smallest absolute Gasteiger partial charge is 0.141 e. The molecule has 3 N–H and O–H groups in total. The van der Waals surface area contributed by atoms with Gasteiger partial charge in [-0.05, 0) is 18.6 Å². The molecule has 0 heterocycles. The van der Waals surface area contributed by atoms with Gasteiger partial charge in [0.25, 0.3) is 0 Å². The zero-order valence-electron chi connectivity index (χ0n) is 5.66. The predicted octanol–water partition coefficient (Wildman–Crippen LogP) is 1.86. The molecule has 0 unspecified atom stereocenters. The fraction of sp³-hybridized carbons (Fsp3) is 0.143. The van der Waals surface area contributed by atoms with Crippen LogP contribution in [0.4, 0.5) is 5.69 Å². The monoisotopic (exact) mass is 203 g/mol. The first-order chi connectivity index (χ1) is 4.22. The molecule has 3 heteroatoms. The quantitative estimate of drug-likeness (QED) is 0.500. The summed E-state index contributed by atoms with van der Waals surface area (Å²) in [5.41, 5.74) is 6.63. The van der Waals surface area contributed by atoms with Gasteiger partial charge < -0.3 is 10.8 Å². The number of rotatable bonds is 0. The van der Waals surface area contributed by atoms with Crippen molar-refractivity contribution >= 4 is 22.7 Å². The summed E-state index contributed by atoms with van der Waals surface area (Å²) >= 11 is 0. The number of anilines is 1. The first kappa shape index (κ1) is 9.30. The Morgan fingerprint density at radius 3 is 2.40 bits per heavy atom. The van der Waals surface area contributed by atoms with Crippen molar-refractivity contribution in [3.63, 3.8) is 0 Å². The molecule has 0 aliphatic heterocycles. The molecule has 0 aliphatic carbocycles. The number of hydrogen-bond donors (Lipinski definition) is 2. The van der Waals surface area contributed by atoms with Gasteiger partial charge in [0.15, 0.2) is 0 Å². The van der Waals surface area contributed by atoms with Gasteiger partial charge in [0, 0.05) is 0 Å². The summed E-state index contributed by atoms with van der Waals surface area (Å²) in [5, 5.41) is 9.08. The highest BCUT2D eigenvalue weighted by Gasteiger charge is 1.95. The number of phenolic OH excluding ortho intramolecular Hbond substituents is 1. The highest BCUT2D eigenvalue weighted by molar-refractivity contribution is 8.93. The third kappa shape index (κ3) is 1.64. The number of benzene rings is 1. The summed E-state index contributed by atoms with van der Waals surface area (Å²) in [7, 11) is 0. The number of nitrogen functional groups attached to an aromatic ring is 1. The Balaban J connectivity index is 0.000000810. The van der Waals surface area contributed by atoms with Crippen molar-refractivity contribution in [1.29, 1.82) is 0 Å². The van der Waals surface area contributed by atoms with Gasteiger partial charge in [0.2, 0.25) is 0 Å². The number of aryl methyl sites for hydroxylation is 1. The van der Waals surface area contributed by atoms with Gasteiger partial charge in [-0.1, -0.05) is 12.1 Å². The number of hydrogen-bond acceptors (Lipinski definition) is 2. The van der Waals surface area contributed by atoms with Crippen molar-refractivity contribution in [2.45, 2.75) is 6.92 Å². The van der Waals surface area contributed by atoms with E-state index >= 15 is 0 Å². The van der Waals surface area contributed by atoms with Gasteiger partial charge in [0.1, 0.15) is 5.75 Å². The molecule has 0 aliphatic rings. The van der Waals surface area contributed by atoms with E-state index in [1.54, 1.807) is 6.07 Å². The minimum Gasteiger partial charge on any atom is -0.506 e. The first-order valence-electron chi connectivity index (χ1n) is 2.76. The molecule has 0 saturated heterocycles. The molecule has 56 valence electrons. The molecule has 0 radical (unpaired) electrons. The lowest BCUT2D eigenvalue weighted by atomic mass is 10.2. The van der Waals surface area contributed by atoms with Crippen molar-refractivity contribution in [3.05, 3.63) is 23.8 Å². The Kier molecular flexibility index (Phi) is 3.22. The third-order valence-electron chi connectivity index (χ3n) is 1.27. The standard InChI is InChI=1S/C7H9NO.BrH/c1-5-3-2-4-6(8)7(5)9;/h2-4,9H,8H2,1H3;1H. The van der Waals surface area contributed by atoms with Gasteiger partial charge in [-0.15, -0.1) is 17.0 Å². The molecule has 1 rings (SSSR count). The molecule has 0 spiro atoms. The van der Waals surface area contributed by atoms with E-state index in [0.29, 0.717) is 5.69 Å². The average molecular weight is 204 g/mol. The molecular weight excluding hydrogens is 194 g/mol. The van der Waals surface area contributed by atoms with E-state index in [1.165, 1.54) is 0 Å². The van der Waals surface area contributed by atoms with Crippen molar-refractivity contribution in [2.75, 3.05) is 5.73 Å². The van der Waals surface area contributed by atoms with Crippen LogP contribution in [-0.2, 0) is 0 Å². The maximum atomic E-state index is 9.08. The fourth-order valence-electron chi connectivity index (χ4n) is 0.682. The van der Waals surface area contributed by atoms with Crippen LogP contribution in [0.25, 0.3) is 0 Å². The van der Waals surface area contributed by atoms with Gasteiger partial charge in [-0.2, -0.15) is 0 Å². The maximum absolute atomic E-state index is 9.08. The van der Waals surface area contributed by atoms with Crippen molar-refractivity contribution in [1.82, 2.24) is 0 Å². The molecule has 1 aromatic rings. The number of aromatic hydroxyl groups is 1. The minimum atomic E-state index is 0. The SMILES string of the molecule is Br.Cc1cccc(N)c1O. The van der Waals surface area contributed by atoms with Crippen molar-refractivity contribution in [3.8, 4) is 5.75 Å². The number of halogens is 1. The van der Waals surface area contributed by atoms with Crippen molar-refractivity contribution in [2.24, 2.45) is 0 Å². The third-order valence-corrected chi connectivity index (χ3v) is 1.27. The lowest BCUT2D eigenvalue weighted by molar-refractivity contribution is 0.474. The molecule has 0 saturated carbocycles. The second-order valence-corrected chi connectivity index (χ2v) is 2.01. The topological polar surface area (TPSA) is 46.2 Å². The summed E-state index contributed by atoms with van der Waals surface area (Å²) in [6.45, 7) is 1.81. The van der Waals surface area contributed by atoms with Gasteiger partial charge >= 0.3 is 0 Å².